The second kappa shape index (κ2) is 6.88. The lowest BCUT2D eigenvalue weighted by atomic mass is 9.80. The number of rotatable bonds is 5. The normalized spacial score (nSPS) is 25.0. The van der Waals surface area contributed by atoms with E-state index in [0.717, 1.165) is 0 Å². The van der Waals surface area contributed by atoms with Gasteiger partial charge in [-0.1, -0.05) is 0 Å². The van der Waals surface area contributed by atoms with E-state index in [1.54, 1.807) is 6.07 Å². The number of hydrogen-bond donors (Lipinski definition) is 2. The number of urea groups is 1. The first-order valence-corrected chi connectivity index (χ1v) is 8.21. The highest BCUT2D eigenvalue weighted by molar-refractivity contribution is 5.74. The van der Waals surface area contributed by atoms with E-state index in [2.05, 4.69) is 15.6 Å². The maximum Gasteiger partial charge on any atom is 0.391 e. The minimum atomic E-state index is -4.22. The van der Waals surface area contributed by atoms with Gasteiger partial charge in [0.25, 0.3) is 5.92 Å². The predicted octanol–water partition coefficient (Wildman–Crippen LogP) is 3.40. The summed E-state index contributed by atoms with van der Waals surface area (Å²) in [7, 11) is 0. The van der Waals surface area contributed by atoms with Crippen molar-refractivity contribution in [3.8, 4) is 5.88 Å². The molecule has 2 N–H and O–H groups in total. The molecule has 0 aromatic carbocycles. The summed E-state index contributed by atoms with van der Waals surface area (Å²) in [5, 5.41) is 5.02. The average molecular weight is 379 g/mol. The zero-order valence-electron chi connectivity index (χ0n) is 13.7. The van der Waals surface area contributed by atoms with E-state index in [9.17, 15) is 26.7 Å². The maximum absolute atomic E-state index is 12.8. The second-order valence-electron chi connectivity index (χ2n) is 6.74. The van der Waals surface area contributed by atoms with Crippen molar-refractivity contribution < 1.29 is 31.5 Å². The third kappa shape index (κ3) is 4.73. The molecule has 2 saturated carbocycles. The summed E-state index contributed by atoms with van der Waals surface area (Å²) in [6.45, 7) is 0.112. The molecule has 2 amide bonds. The first-order valence-electron chi connectivity index (χ1n) is 8.21. The first kappa shape index (κ1) is 18.7. The Balaban J connectivity index is 1.39. The van der Waals surface area contributed by atoms with E-state index >= 15 is 0 Å². The Hall–Kier alpha value is -2.13. The van der Waals surface area contributed by atoms with E-state index in [1.807, 2.05) is 0 Å². The lowest BCUT2D eigenvalue weighted by Gasteiger charge is -2.36. The molecule has 0 atom stereocenters. The molecule has 1 aromatic heterocycles. The lowest BCUT2D eigenvalue weighted by Crippen LogP contribution is -2.51. The van der Waals surface area contributed by atoms with E-state index in [4.69, 9.17) is 4.74 Å². The fraction of sp³-hybridized carbons (Fsp3) is 0.625. The molecule has 1 heterocycles. The molecule has 1 aromatic rings. The molecular weight excluding hydrogens is 361 g/mol. The van der Waals surface area contributed by atoms with Crippen LogP contribution in [0.1, 0.15) is 31.2 Å². The van der Waals surface area contributed by atoms with Crippen molar-refractivity contribution in [3.63, 3.8) is 0 Å². The lowest BCUT2D eigenvalue weighted by molar-refractivity contribution is -0.198. The van der Waals surface area contributed by atoms with Crippen molar-refractivity contribution in [3.05, 3.63) is 23.9 Å². The van der Waals surface area contributed by atoms with Crippen LogP contribution in [-0.4, -0.2) is 35.3 Å². The Morgan fingerprint density at radius 2 is 2.00 bits per heavy atom. The van der Waals surface area contributed by atoms with Gasteiger partial charge in [-0.05, 0) is 24.5 Å². The third-order valence-electron chi connectivity index (χ3n) is 4.53. The molecular formula is C16H18F5N3O2. The predicted molar refractivity (Wildman–Crippen MR) is 80.8 cm³/mol. The molecule has 0 bridgehead atoms. The SMILES string of the molecule is O=C(NCc1ccnc(OC2CC(F)(F)C2)c1)N[C@H]1C[C@H](C(F)(F)F)C1. The summed E-state index contributed by atoms with van der Waals surface area (Å²) in [5.74, 6) is -3.85. The minimum absolute atomic E-state index is 0.112. The Bertz CT molecular complexity index is 654. The van der Waals surface area contributed by atoms with Crippen molar-refractivity contribution in [2.24, 2.45) is 5.92 Å². The van der Waals surface area contributed by atoms with Crippen LogP contribution in [0.25, 0.3) is 0 Å². The fourth-order valence-corrected chi connectivity index (χ4v) is 2.91. The second-order valence-corrected chi connectivity index (χ2v) is 6.74. The molecule has 2 aliphatic carbocycles. The summed E-state index contributed by atoms with van der Waals surface area (Å²) in [4.78, 5) is 15.7. The van der Waals surface area contributed by atoms with E-state index in [0.29, 0.717) is 5.56 Å². The molecule has 0 saturated heterocycles. The van der Waals surface area contributed by atoms with Crippen molar-refractivity contribution in [2.45, 2.75) is 56.5 Å². The van der Waals surface area contributed by atoms with Crippen LogP contribution in [0, 0.1) is 5.92 Å². The highest BCUT2D eigenvalue weighted by Crippen LogP contribution is 2.41. The monoisotopic (exact) mass is 379 g/mol. The van der Waals surface area contributed by atoms with Crippen molar-refractivity contribution in [1.29, 1.82) is 0 Å². The van der Waals surface area contributed by atoms with Crippen LogP contribution in [0.2, 0.25) is 0 Å². The smallest absolute Gasteiger partial charge is 0.391 e. The topological polar surface area (TPSA) is 63.2 Å². The van der Waals surface area contributed by atoms with Crippen LogP contribution in [0.3, 0.4) is 0 Å². The van der Waals surface area contributed by atoms with Gasteiger partial charge in [-0.3, -0.25) is 0 Å². The number of carbonyl (C=O) groups is 1. The van der Waals surface area contributed by atoms with Gasteiger partial charge in [0.1, 0.15) is 6.10 Å². The Kier molecular flexibility index (Phi) is 4.94. The standard InChI is InChI=1S/C16H18F5N3O2/c17-15(18)6-12(7-15)26-13-3-9(1-2-22-13)8-23-14(25)24-11-4-10(5-11)16(19,20)21/h1-3,10-12H,4-8H2,(H2,23,24,25)/t10-,11-. The zero-order chi connectivity index (χ0) is 18.9. The zero-order valence-corrected chi connectivity index (χ0v) is 13.7. The maximum atomic E-state index is 12.8. The molecule has 2 fully saturated rings. The summed E-state index contributed by atoms with van der Waals surface area (Å²) in [5.41, 5.74) is 0.637. The molecule has 144 valence electrons. The summed E-state index contributed by atoms with van der Waals surface area (Å²) >= 11 is 0. The highest BCUT2D eigenvalue weighted by Gasteiger charge is 2.48. The minimum Gasteiger partial charge on any atom is -0.474 e. The number of hydrogen-bond acceptors (Lipinski definition) is 3. The number of pyridine rings is 1. The molecule has 0 spiro atoms. The number of halogens is 5. The molecule has 0 radical (unpaired) electrons. The summed E-state index contributed by atoms with van der Waals surface area (Å²) < 4.78 is 68.1. The van der Waals surface area contributed by atoms with Gasteiger partial charge in [0, 0.05) is 37.7 Å². The van der Waals surface area contributed by atoms with Gasteiger partial charge in [-0.2, -0.15) is 13.2 Å². The van der Waals surface area contributed by atoms with Crippen LogP contribution in [0.15, 0.2) is 18.3 Å². The highest BCUT2D eigenvalue weighted by atomic mass is 19.4. The van der Waals surface area contributed by atoms with E-state index < -0.39 is 36.2 Å². The number of nitrogens with one attached hydrogen (secondary N) is 2. The van der Waals surface area contributed by atoms with Crippen molar-refractivity contribution >= 4 is 6.03 Å². The van der Waals surface area contributed by atoms with Crippen LogP contribution >= 0.6 is 0 Å². The largest absolute Gasteiger partial charge is 0.474 e. The third-order valence-corrected chi connectivity index (χ3v) is 4.53. The van der Waals surface area contributed by atoms with E-state index in [-0.39, 0.29) is 38.1 Å². The molecule has 2 aliphatic rings. The van der Waals surface area contributed by atoms with Crippen LogP contribution < -0.4 is 15.4 Å². The van der Waals surface area contributed by atoms with Gasteiger partial charge in [-0.15, -0.1) is 0 Å². The Labute approximate surface area is 146 Å². The van der Waals surface area contributed by atoms with Gasteiger partial charge in [0.05, 0.1) is 5.92 Å². The van der Waals surface area contributed by atoms with Gasteiger partial charge >= 0.3 is 12.2 Å². The van der Waals surface area contributed by atoms with Gasteiger partial charge in [-0.25, -0.2) is 18.6 Å². The average Bonchev–Trinajstić information content (AvgIpc) is 2.46. The number of alkyl halides is 5. The summed E-state index contributed by atoms with van der Waals surface area (Å²) in [6.07, 6.45) is -4.29. The Morgan fingerprint density at radius 3 is 2.62 bits per heavy atom. The first-order chi connectivity index (χ1) is 12.1. The fourth-order valence-electron chi connectivity index (χ4n) is 2.91. The van der Waals surface area contributed by atoms with Crippen LogP contribution in [-0.2, 0) is 6.54 Å². The van der Waals surface area contributed by atoms with Crippen molar-refractivity contribution in [1.82, 2.24) is 15.6 Å². The molecule has 10 heteroatoms. The van der Waals surface area contributed by atoms with Crippen molar-refractivity contribution in [2.75, 3.05) is 0 Å². The molecule has 5 nitrogen and oxygen atoms in total. The summed E-state index contributed by atoms with van der Waals surface area (Å²) in [6, 6.07) is 2.09. The molecule has 3 rings (SSSR count). The number of amides is 2. The Morgan fingerprint density at radius 1 is 1.31 bits per heavy atom. The number of aromatic nitrogens is 1. The van der Waals surface area contributed by atoms with E-state index in [1.165, 1.54) is 12.3 Å². The van der Waals surface area contributed by atoms with Crippen LogP contribution in [0.5, 0.6) is 5.88 Å². The quantitative estimate of drug-likeness (QED) is 0.771. The van der Waals surface area contributed by atoms with Crippen LogP contribution in [0.4, 0.5) is 26.7 Å². The molecule has 26 heavy (non-hydrogen) atoms. The number of ether oxygens (including phenoxy) is 1. The molecule has 0 aliphatic heterocycles. The van der Waals surface area contributed by atoms with Gasteiger partial charge in [0.2, 0.25) is 5.88 Å². The number of nitrogens with zero attached hydrogens (tertiary/aromatic N) is 1. The number of carbonyl (C=O) groups excluding carboxylic acids is 1. The van der Waals surface area contributed by atoms with Gasteiger partial charge in [0.15, 0.2) is 0 Å². The van der Waals surface area contributed by atoms with Gasteiger partial charge < -0.3 is 15.4 Å². The molecule has 0 unspecified atom stereocenters.